The van der Waals surface area contributed by atoms with Gasteiger partial charge in [0.2, 0.25) is 0 Å². The Hall–Kier alpha value is -1.61. The predicted octanol–water partition coefficient (Wildman–Crippen LogP) is 0.00638. The molecule has 0 aromatic carbocycles. The topological polar surface area (TPSA) is 96.8 Å². The monoisotopic (exact) mass is 223 g/mol. The van der Waals surface area contributed by atoms with Crippen LogP contribution in [0, 0.1) is 11.3 Å². The van der Waals surface area contributed by atoms with Crippen LogP contribution < -0.4 is 5.73 Å². The minimum absolute atomic E-state index is 0.0374. The average Bonchev–Trinajstić information content (AvgIpc) is 2.17. The van der Waals surface area contributed by atoms with Gasteiger partial charge in [-0.05, 0) is 11.6 Å². The van der Waals surface area contributed by atoms with E-state index in [2.05, 4.69) is 4.98 Å². The first-order valence-electron chi connectivity index (χ1n) is 4.40. The summed E-state index contributed by atoms with van der Waals surface area (Å²) in [7, 11) is -3.02. The number of nitrogen functional groups attached to an aromatic ring is 1. The summed E-state index contributed by atoms with van der Waals surface area (Å²) in [6, 6.07) is 3.41. The number of aromatic nitrogens is 1. The summed E-state index contributed by atoms with van der Waals surface area (Å²) in [5.74, 6) is 0.248. The maximum absolute atomic E-state index is 11.4. The fourth-order valence-electron chi connectivity index (χ4n) is 1.60. The third-order valence-corrected chi connectivity index (χ3v) is 3.94. The summed E-state index contributed by atoms with van der Waals surface area (Å²) < 4.78 is 22.7. The van der Waals surface area contributed by atoms with E-state index < -0.39 is 9.84 Å². The van der Waals surface area contributed by atoms with Gasteiger partial charge in [-0.25, -0.2) is 13.4 Å². The average molecular weight is 223 g/mol. The highest BCUT2D eigenvalue weighted by atomic mass is 32.2. The quantitative estimate of drug-likeness (QED) is 0.668. The summed E-state index contributed by atoms with van der Waals surface area (Å²) in [5.41, 5.74) is 7.08. The Morgan fingerprint density at radius 2 is 2.27 bits per heavy atom. The number of hydrogen-bond acceptors (Lipinski definition) is 5. The Labute approximate surface area is 87.5 Å². The Morgan fingerprint density at radius 3 is 2.93 bits per heavy atom. The molecule has 2 N–H and O–H groups in total. The van der Waals surface area contributed by atoms with Crippen molar-refractivity contribution in [3.8, 4) is 6.07 Å². The van der Waals surface area contributed by atoms with Crippen molar-refractivity contribution in [3.05, 3.63) is 22.9 Å². The van der Waals surface area contributed by atoms with Gasteiger partial charge in [0.15, 0.2) is 9.84 Å². The van der Waals surface area contributed by atoms with E-state index in [9.17, 15) is 8.42 Å². The van der Waals surface area contributed by atoms with Crippen molar-refractivity contribution in [3.63, 3.8) is 0 Å². The number of nitrogens with two attached hydrogens (primary N) is 1. The van der Waals surface area contributed by atoms with Crippen LogP contribution >= 0.6 is 0 Å². The molecule has 1 aromatic heterocycles. The Kier molecular flexibility index (Phi) is 2.12. The van der Waals surface area contributed by atoms with Gasteiger partial charge in [0.1, 0.15) is 11.9 Å². The lowest BCUT2D eigenvalue weighted by atomic mass is 10.1. The highest BCUT2D eigenvalue weighted by molar-refractivity contribution is 7.90. The summed E-state index contributed by atoms with van der Waals surface area (Å²) in [4.78, 5) is 4.04. The zero-order chi connectivity index (χ0) is 11.1. The second-order valence-corrected chi connectivity index (χ2v) is 5.66. The molecule has 0 aliphatic carbocycles. The second-order valence-electron chi connectivity index (χ2n) is 3.48. The number of pyridine rings is 1. The van der Waals surface area contributed by atoms with E-state index in [4.69, 9.17) is 11.0 Å². The van der Waals surface area contributed by atoms with Crippen LogP contribution in [0.2, 0.25) is 0 Å². The third kappa shape index (κ3) is 1.78. The van der Waals surface area contributed by atoms with Crippen LogP contribution in [0.15, 0.2) is 6.07 Å². The van der Waals surface area contributed by atoms with Crippen LogP contribution in [0.3, 0.4) is 0 Å². The second kappa shape index (κ2) is 3.21. The van der Waals surface area contributed by atoms with Gasteiger partial charge in [0.25, 0.3) is 0 Å². The highest BCUT2D eigenvalue weighted by Gasteiger charge is 2.23. The number of aryl methyl sites for hydroxylation is 1. The lowest BCUT2D eigenvalue weighted by molar-refractivity contribution is 0.590. The summed E-state index contributed by atoms with van der Waals surface area (Å²) in [6.45, 7) is 0. The zero-order valence-corrected chi connectivity index (χ0v) is 8.71. The first kappa shape index (κ1) is 9.93. The van der Waals surface area contributed by atoms with E-state index in [-0.39, 0.29) is 22.9 Å². The summed E-state index contributed by atoms with van der Waals surface area (Å²) in [5, 5.41) is 8.73. The number of fused-ring (bicyclic) bond motifs is 1. The Balaban J connectivity index is 2.57. The SMILES string of the molecule is N#Cc1cc2c(nc1N)CCS(=O)(=O)C2. The van der Waals surface area contributed by atoms with E-state index in [1.54, 1.807) is 0 Å². The molecule has 0 unspecified atom stereocenters. The van der Waals surface area contributed by atoms with Gasteiger partial charge in [-0.15, -0.1) is 0 Å². The zero-order valence-electron chi connectivity index (χ0n) is 7.90. The van der Waals surface area contributed by atoms with Crippen molar-refractivity contribution in [2.75, 3.05) is 11.5 Å². The molecule has 15 heavy (non-hydrogen) atoms. The van der Waals surface area contributed by atoms with Gasteiger partial charge in [-0.1, -0.05) is 0 Å². The molecule has 0 saturated carbocycles. The highest BCUT2D eigenvalue weighted by Crippen LogP contribution is 2.22. The van der Waals surface area contributed by atoms with Gasteiger partial charge in [0, 0.05) is 12.1 Å². The smallest absolute Gasteiger partial charge is 0.154 e. The maximum Gasteiger partial charge on any atom is 0.154 e. The normalized spacial score (nSPS) is 17.8. The van der Waals surface area contributed by atoms with Crippen LogP contribution in [0.4, 0.5) is 5.82 Å². The van der Waals surface area contributed by atoms with E-state index in [1.807, 2.05) is 6.07 Å². The lowest BCUT2D eigenvalue weighted by Crippen LogP contribution is -2.20. The van der Waals surface area contributed by atoms with E-state index in [0.717, 1.165) is 0 Å². The predicted molar refractivity (Wildman–Crippen MR) is 54.6 cm³/mol. The third-order valence-electron chi connectivity index (χ3n) is 2.37. The number of sulfone groups is 1. The molecule has 0 amide bonds. The molecule has 0 radical (unpaired) electrons. The number of hydrogen-bond donors (Lipinski definition) is 1. The fourth-order valence-corrected chi connectivity index (χ4v) is 2.97. The van der Waals surface area contributed by atoms with Crippen molar-refractivity contribution < 1.29 is 8.42 Å². The molecular formula is C9H9N3O2S. The molecule has 0 atom stereocenters. The van der Waals surface area contributed by atoms with Crippen molar-refractivity contribution in [1.82, 2.24) is 4.98 Å². The van der Waals surface area contributed by atoms with Gasteiger partial charge in [-0.2, -0.15) is 5.26 Å². The molecule has 0 bridgehead atoms. The fraction of sp³-hybridized carbons (Fsp3) is 0.333. The molecule has 2 rings (SSSR count). The number of anilines is 1. The van der Waals surface area contributed by atoms with Crippen LogP contribution in [-0.2, 0) is 22.0 Å². The molecule has 1 aliphatic heterocycles. The molecule has 0 spiro atoms. The maximum atomic E-state index is 11.4. The standard InChI is InChI=1S/C9H9N3O2S/c10-4-6-3-7-5-15(13,14)2-1-8(7)12-9(6)11/h3H,1-2,5H2,(H2,11,12). The molecule has 78 valence electrons. The van der Waals surface area contributed by atoms with Crippen LogP contribution in [0.25, 0.3) is 0 Å². The largest absolute Gasteiger partial charge is 0.383 e. The van der Waals surface area contributed by atoms with E-state index >= 15 is 0 Å². The molecular weight excluding hydrogens is 214 g/mol. The minimum atomic E-state index is -3.02. The molecule has 5 nitrogen and oxygen atoms in total. The molecule has 6 heteroatoms. The number of nitriles is 1. The Bertz CT molecular complexity index is 557. The van der Waals surface area contributed by atoms with Crippen molar-refractivity contribution >= 4 is 15.7 Å². The van der Waals surface area contributed by atoms with Gasteiger partial charge in [-0.3, -0.25) is 0 Å². The van der Waals surface area contributed by atoms with Crippen LogP contribution in [0.1, 0.15) is 16.8 Å². The summed E-state index contributed by atoms with van der Waals surface area (Å²) >= 11 is 0. The minimum Gasteiger partial charge on any atom is -0.383 e. The van der Waals surface area contributed by atoms with Gasteiger partial charge in [0.05, 0.1) is 17.1 Å². The summed E-state index contributed by atoms with van der Waals surface area (Å²) in [6.07, 6.45) is 0.383. The lowest BCUT2D eigenvalue weighted by Gasteiger charge is -2.15. The van der Waals surface area contributed by atoms with Crippen LogP contribution in [0.5, 0.6) is 0 Å². The van der Waals surface area contributed by atoms with Gasteiger partial charge >= 0.3 is 0 Å². The first-order valence-corrected chi connectivity index (χ1v) is 6.23. The molecule has 1 aromatic rings. The van der Waals surface area contributed by atoms with Crippen LogP contribution in [-0.4, -0.2) is 19.2 Å². The first-order chi connectivity index (χ1) is 7.02. The molecule has 2 heterocycles. The van der Waals surface area contributed by atoms with Gasteiger partial charge < -0.3 is 5.73 Å². The Morgan fingerprint density at radius 1 is 1.53 bits per heavy atom. The van der Waals surface area contributed by atoms with E-state index in [0.29, 0.717) is 17.7 Å². The number of nitrogens with zero attached hydrogens (tertiary/aromatic N) is 2. The van der Waals surface area contributed by atoms with Crippen molar-refractivity contribution in [2.24, 2.45) is 0 Å². The van der Waals surface area contributed by atoms with Crippen molar-refractivity contribution in [1.29, 1.82) is 5.26 Å². The van der Waals surface area contributed by atoms with E-state index in [1.165, 1.54) is 6.07 Å². The molecule has 0 fully saturated rings. The molecule has 1 aliphatic rings. The number of rotatable bonds is 0. The molecule has 0 saturated heterocycles. The van der Waals surface area contributed by atoms with Crippen molar-refractivity contribution in [2.45, 2.75) is 12.2 Å².